The second-order valence-corrected chi connectivity index (χ2v) is 4.37. The van der Waals surface area contributed by atoms with Gasteiger partial charge in [0.05, 0.1) is 11.0 Å². The summed E-state index contributed by atoms with van der Waals surface area (Å²) < 4.78 is 1.98. The molecule has 1 heterocycles. The smallest absolute Gasteiger partial charge is 0.239 e. The molecule has 0 fully saturated rings. The van der Waals surface area contributed by atoms with E-state index >= 15 is 0 Å². The summed E-state index contributed by atoms with van der Waals surface area (Å²) in [7, 11) is 1.65. The lowest BCUT2D eigenvalue weighted by Gasteiger charge is -2.10. The minimum atomic E-state index is -0.00458. The first kappa shape index (κ1) is 11.6. The summed E-state index contributed by atoms with van der Waals surface area (Å²) in [6.45, 7) is 4.49. The van der Waals surface area contributed by atoms with E-state index in [9.17, 15) is 4.79 Å². The van der Waals surface area contributed by atoms with Crippen LogP contribution in [0.1, 0.15) is 25.6 Å². The second kappa shape index (κ2) is 4.57. The van der Waals surface area contributed by atoms with E-state index in [1.807, 2.05) is 28.8 Å². The summed E-state index contributed by atoms with van der Waals surface area (Å²) in [4.78, 5) is 16.1. The third-order valence-corrected chi connectivity index (χ3v) is 2.78. The SMILES string of the molecule is CNC(=O)Cn1c(C(C)C)nc2ccccc21. The second-order valence-electron chi connectivity index (χ2n) is 4.37. The van der Waals surface area contributed by atoms with Crippen molar-refractivity contribution in [3.8, 4) is 0 Å². The van der Waals surface area contributed by atoms with Gasteiger partial charge in [0.1, 0.15) is 12.4 Å². The number of hydrogen-bond donors (Lipinski definition) is 1. The number of carbonyl (C=O) groups excluding carboxylic acids is 1. The number of benzene rings is 1. The molecule has 0 spiro atoms. The number of aromatic nitrogens is 2. The average Bonchev–Trinajstić information content (AvgIpc) is 2.68. The largest absolute Gasteiger partial charge is 0.358 e. The predicted octanol–water partition coefficient (Wildman–Crippen LogP) is 1.91. The van der Waals surface area contributed by atoms with Crippen molar-refractivity contribution in [2.24, 2.45) is 0 Å². The zero-order valence-electron chi connectivity index (χ0n) is 10.4. The molecule has 1 amide bonds. The van der Waals surface area contributed by atoms with Gasteiger partial charge >= 0.3 is 0 Å². The van der Waals surface area contributed by atoms with Gasteiger partial charge in [0, 0.05) is 13.0 Å². The normalized spacial score (nSPS) is 11.1. The van der Waals surface area contributed by atoms with Crippen molar-refractivity contribution in [1.82, 2.24) is 14.9 Å². The van der Waals surface area contributed by atoms with E-state index in [-0.39, 0.29) is 5.91 Å². The lowest BCUT2D eigenvalue weighted by molar-refractivity contribution is -0.121. The number of hydrogen-bond acceptors (Lipinski definition) is 2. The molecule has 1 aromatic carbocycles. The zero-order chi connectivity index (χ0) is 12.4. The Bertz CT molecular complexity index is 543. The zero-order valence-corrected chi connectivity index (χ0v) is 10.4. The maximum absolute atomic E-state index is 11.5. The van der Waals surface area contributed by atoms with Gasteiger partial charge in [-0.1, -0.05) is 26.0 Å². The number of amides is 1. The Hall–Kier alpha value is -1.84. The summed E-state index contributed by atoms with van der Waals surface area (Å²) in [6, 6.07) is 7.90. The van der Waals surface area contributed by atoms with Gasteiger partial charge in [-0.25, -0.2) is 4.98 Å². The number of imidazole rings is 1. The Morgan fingerprint density at radius 3 is 2.76 bits per heavy atom. The minimum Gasteiger partial charge on any atom is -0.358 e. The molecule has 4 heteroatoms. The molecule has 2 rings (SSSR count). The van der Waals surface area contributed by atoms with Crippen molar-refractivity contribution >= 4 is 16.9 Å². The quantitative estimate of drug-likeness (QED) is 0.877. The van der Waals surface area contributed by atoms with Crippen LogP contribution in [0, 0.1) is 0 Å². The van der Waals surface area contributed by atoms with Gasteiger partial charge in [-0.05, 0) is 12.1 Å². The molecule has 0 aliphatic rings. The van der Waals surface area contributed by atoms with Gasteiger partial charge in [-0.3, -0.25) is 4.79 Å². The molecule has 0 saturated carbocycles. The molecule has 0 aliphatic carbocycles. The Morgan fingerprint density at radius 2 is 2.12 bits per heavy atom. The van der Waals surface area contributed by atoms with Crippen LogP contribution in [-0.2, 0) is 11.3 Å². The standard InChI is InChI=1S/C13H17N3O/c1-9(2)13-15-10-6-4-5-7-11(10)16(13)8-12(17)14-3/h4-7,9H,8H2,1-3H3,(H,14,17). The topological polar surface area (TPSA) is 46.9 Å². The Morgan fingerprint density at radius 1 is 1.41 bits per heavy atom. The van der Waals surface area contributed by atoms with E-state index in [4.69, 9.17) is 0 Å². The highest BCUT2D eigenvalue weighted by atomic mass is 16.1. The highest BCUT2D eigenvalue weighted by molar-refractivity contribution is 5.81. The first-order valence-electron chi connectivity index (χ1n) is 5.79. The third kappa shape index (κ3) is 2.16. The molecule has 0 bridgehead atoms. The molecule has 17 heavy (non-hydrogen) atoms. The van der Waals surface area contributed by atoms with E-state index in [2.05, 4.69) is 24.1 Å². The number of nitrogens with one attached hydrogen (secondary N) is 1. The van der Waals surface area contributed by atoms with Crippen LogP contribution in [-0.4, -0.2) is 22.5 Å². The van der Waals surface area contributed by atoms with Crippen molar-refractivity contribution in [3.05, 3.63) is 30.1 Å². The molecule has 4 nitrogen and oxygen atoms in total. The van der Waals surface area contributed by atoms with Gasteiger partial charge < -0.3 is 9.88 Å². The number of para-hydroxylation sites is 2. The molecule has 2 aromatic rings. The minimum absolute atomic E-state index is 0.00458. The van der Waals surface area contributed by atoms with Crippen LogP contribution in [0.5, 0.6) is 0 Å². The summed E-state index contributed by atoms with van der Waals surface area (Å²) in [6.07, 6.45) is 0. The highest BCUT2D eigenvalue weighted by Gasteiger charge is 2.14. The van der Waals surface area contributed by atoms with Crippen molar-refractivity contribution < 1.29 is 4.79 Å². The van der Waals surface area contributed by atoms with Crippen molar-refractivity contribution in [1.29, 1.82) is 0 Å². The number of rotatable bonds is 3. The summed E-state index contributed by atoms with van der Waals surface area (Å²) in [5.41, 5.74) is 1.96. The van der Waals surface area contributed by atoms with Crippen LogP contribution < -0.4 is 5.32 Å². The molecular formula is C13H17N3O. The van der Waals surface area contributed by atoms with Gasteiger partial charge in [0.15, 0.2) is 0 Å². The molecule has 90 valence electrons. The first-order chi connectivity index (χ1) is 8.13. The monoisotopic (exact) mass is 231 g/mol. The number of nitrogens with zero attached hydrogens (tertiary/aromatic N) is 2. The first-order valence-corrected chi connectivity index (χ1v) is 5.79. The summed E-state index contributed by atoms with van der Waals surface area (Å²) in [5.74, 6) is 1.25. The fourth-order valence-electron chi connectivity index (χ4n) is 1.92. The van der Waals surface area contributed by atoms with Crippen molar-refractivity contribution in [2.45, 2.75) is 26.3 Å². The van der Waals surface area contributed by atoms with Crippen LogP contribution in [0.4, 0.5) is 0 Å². The fourth-order valence-corrected chi connectivity index (χ4v) is 1.92. The molecule has 0 radical (unpaired) electrons. The summed E-state index contributed by atoms with van der Waals surface area (Å²) >= 11 is 0. The lowest BCUT2D eigenvalue weighted by atomic mass is 10.2. The van der Waals surface area contributed by atoms with Crippen LogP contribution in [0.25, 0.3) is 11.0 Å². The molecular weight excluding hydrogens is 214 g/mol. The Balaban J connectivity index is 2.55. The van der Waals surface area contributed by atoms with Crippen LogP contribution >= 0.6 is 0 Å². The number of likely N-dealkylation sites (N-methyl/N-ethyl adjacent to an activating group) is 1. The van der Waals surface area contributed by atoms with E-state index in [0.717, 1.165) is 16.9 Å². The van der Waals surface area contributed by atoms with Crippen molar-refractivity contribution in [2.75, 3.05) is 7.05 Å². The van der Waals surface area contributed by atoms with Crippen LogP contribution in [0.2, 0.25) is 0 Å². The van der Waals surface area contributed by atoms with E-state index in [1.54, 1.807) is 7.05 Å². The Kier molecular flexibility index (Phi) is 3.13. The Labute approximate surface area is 101 Å². The van der Waals surface area contributed by atoms with Crippen LogP contribution in [0.15, 0.2) is 24.3 Å². The van der Waals surface area contributed by atoms with E-state index in [0.29, 0.717) is 12.5 Å². The van der Waals surface area contributed by atoms with Gasteiger partial charge in [0.2, 0.25) is 5.91 Å². The van der Waals surface area contributed by atoms with Gasteiger partial charge in [-0.15, -0.1) is 0 Å². The molecule has 0 atom stereocenters. The fraction of sp³-hybridized carbons (Fsp3) is 0.385. The lowest BCUT2D eigenvalue weighted by Crippen LogP contribution is -2.24. The maximum atomic E-state index is 11.5. The average molecular weight is 231 g/mol. The molecule has 1 aromatic heterocycles. The summed E-state index contributed by atoms with van der Waals surface area (Å²) in [5, 5.41) is 2.65. The molecule has 0 saturated heterocycles. The molecule has 1 N–H and O–H groups in total. The van der Waals surface area contributed by atoms with Crippen molar-refractivity contribution in [3.63, 3.8) is 0 Å². The number of carbonyl (C=O) groups is 1. The van der Waals surface area contributed by atoms with E-state index < -0.39 is 0 Å². The molecule has 0 unspecified atom stereocenters. The number of fused-ring (bicyclic) bond motifs is 1. The predicted molar refractivity (Wildman–Crippen MR) is 67.9 cm³/mol. The van der Waals surface area contributed by atoms with Crippen LogP contribution in [0.3, 0.4) is 0 Å². The maximum Gasteiger partial charge on any atom is 0.239 e. The highest BCUT2D eigenvalue weighted by Crippen LogP contribution is 2.21. The molecule has 0 aliphatic heterocycles. The third-order valence-electron chi connectivity index (χ3n) is 2.78. The van der Waals surface area contributed by atoms with Gasteiger partial charge in [0.25, 0.3) is 0 Å². The van der Waals surface area contributed by atoms with E-state index in [1.165, 1.54) is 0 Å². The van der Waals surface area contributed by atoms with Gasteiger partial charge in [-0.2, -0.15) is 0 Å².